The van der Waals surface area contributed by atoms with E-state index in [1.165, 1.54) is 0 Å². The van der Waals surface area contributed by atoms with Gasteiger partial charge in [-0.1, -0.05) is 59.7 Å². The molecule has 0 N–H and O–H groups in total. The number of hydrogen-bond acceptors (Lipinski definition) is 4. The van der Waals surface area contributed by atoms with Crippen molar-refractivity contribution >= 4 is 57.3 Å². The lowest BCUT2D eigenvalue weighted by Gasteiger charge is -2.13. The quantitative estimate of drug-likeness (QED) is 0.151. The van der Waals surface area contributed by atoms with Gasteiger partial charge in [0.25, 0.3) is 0 Å². The van der Waals surface area contributed by atoms with E-state index in [0.29, 0.717) is 17.2 Å². The first-order valence-corrected chi connectivity index (χ1v) is 13.3. The molecule has 1 heterocycles. The Kier molecular flexibility index (Phi) is 7.97. The Morgan fingerprint density at radius 1 is 0.914 bits per heavy atom. The van der Waals surface area contributed by atoms with E-state index in [1.54, 1.807) is 6.21 Å². The van der Waals surface area contributed by atoms with Crippen LogP contribution in [0, 0.1) is 32.3 Å². The van der Waals surface area contributed by atoms with Crippen molar-refractivity contribution in [2.45, 2.75) is 33.8 Å². The summed E-state index contributed by atoms with van der Waals surface area (Å²) in [6, 6.07) is 22.6. The van der Waals surface area contributed by atoms with Gasteiger partial charge in [-0.2, -0.15) is 5.26 Å². The summed E-state index contributed by atoms with van der Waals surface area (Å²) in [5.41, 5.74) is 6.22. The third kappa shape index (κ3) is 5.78. The average molecular weight is 686 g/mol. The van der Waals surface area contributed by atoms with Crippen molar-refractivity contribution in [3.63, 3.8) is 0 Å². The minimum absolute atomic E-state index is 0.0956. The Labute approximate surface area is 233 Å². The number of benzene rings is 3. The topological polar surface area (TPSA) is 58.5 Å². The van der Waals surface area contributed by atoms with Crippen molar-refractivity contribution in [3.05, 3.63) is 90.1 Å². The zero-order chi connectivity index (χ0) is 25.1. The third-order valence-corrected chi connectivity index (χ3v) is 6.96. The number of aliphatic imine (C=N–C) groups is 1. The maximum Gasteiger partial charge on any atom is 0.238 e. The highest BCUT2D eigenvalue weighted by Gasteiger charge is 2.23. The fourth-order valence-corrected chi connectivity index (χ4v) is 5.72. The molecule has 35 heavy (non-hydrogen) atoms. The van der Waals surface area contributed by atoms with E-state index in [4.69, 9.17) is 9.15 Å². The van der Waals surface area contributed by atoms with Gasteiger partial charge in [0.05, 0.1) is 13.2 Å². The third-order valence-electron chi connectivity index (χ3n) is 5.36. The lowest BCUT2D eigenvalue weighted by molar-refractivity contribution is 0.239. The standard InChI is InChI=1S/C29H24I2N2O2/c1-17(2)34-28-24(30)13-20(14-25(28)31)16-33-29-23(15-32)26(21-9-5-18(3)6-10-21)27(35-29)22-11-7-19(4)8-12-22/h5-14,16-17H,1-4H3. The van der Waals surface area contributed by atoms with E-state index in [9.17, 15) is 5.26 Å². The predicted octanol–water partition coefficient (Wildman–Crippen LogP) is 8.85. The number of hydrogen-bond donors (Lipinski definition) is 0. The maximum atomic E-state index is 10.1. The van der Waals surface area contributed by atoms with Crippen LogP contribution in [0.15, 0.2) is 70.1 Å². The number of halogens is 2. The van der Waals surface area contributed by atoms with Crippen LogP contribution < -0.4 is 4.74 Å². The number of ether oxygens (including phenoxy) is 1. The molecule has 0 aliphatic heterocycles. The molecular formula is C29H24I2N2O2. The van der Waals surface area contributed by atoms with Gasteiger partial charge in [-0.05, 0) is 96.1 Å². The second-order valence-electron chi connectivity index (χ2n) is 8.57. The fourth-order valence-electron chi connectivity index (χ4n) is 3.65. The Hall–Kier alpha value is -2.64. The number of furan rings is 1. The fraction of sp³-hybridized carbons (Fsp3) is 0.172. The zero-order valence-corrected chi connectivity index (χ0v) is 24.2. The van der Waals surface area contributed by atoms with Gasteiger partial charge < -0.3 is 9.15 Å². The Bertz CT molecular complexity index is 1400. The molecule has 1 aromatic heterocycles. The van der Waals surface area contributed by atoms with Crippen molar-refractivity contribution in [3.8, 4) is 34.3 Å². The minimum atomic E-state index is 0.0956. The molecule has 0 atom stereocenters. The molecule has 0 spiro atoms. The van der Waals surface area contributed by atoms with Gasteiger partial charge in [-0.25, -0.2) is 4.99 Å². The summed E-state index contributed by atoms with van der Waals surface area (Å²) in [7, 11) is 0. The summed E-state index contributed by atoms with van der Waals surface area (Å²) in [5, 5.41) is 10.1. The average Bonchev–Trinajstić information content (AvgIpc) is 3.19. The smallest absolute Gasteiger partial charge is 0.238 e. The van der Waals surface area contributed by atoms with Gasteiger partial charge in [0.2, 0.25) is 5.88 Å². The number of nitriles is 1. The van der Waals surface area contributed by atoms with Crippen LogP contribution in [0.1, 0.15) is 36.1 Å². The molecule has 0 bridgehead atoms. The molecule has 4 rings (SSSR count). The summed E-state index contributed by atoms with van der Waals surface area (Å²) >= 11 is 4.55. The lowest BCUT2D eigenvalue weighted by Crippen LogP contribution is -2.08. The van der Waals surface area contributed by atoms with Gasteiger partial charge in [-0.3, -0.25) is 0 Å². The van der Waals surface area contributed by atoms with Crippen LogP contribution in [0.5, 0.6) is 5.75 Å². The van der Waals surface area contributed by atoms with Gasteiger partial charge in [-0.15, -0.1) is 0 Å². The molecule has 0 saturated carbocycles. The van der Waals surface area contributed by atoms with Crippen LogP contribution in [0.2, 0.25) is 0 Å². The molecule has 0 unspecified atom stereocenters. The summed E-state index contributed by atoms with van der Waals surface area (Å²) in [6.45, 7) is 8.11. The van der Waals surface area contributed by atoms with Crippen molar-refractivity contribution in [1.82, 2.24) is 0 Å². The first kappa shape index (κ1) is 25.5. The number of rotatable bonds is 6. The molecule has 3 aromatic carbocycles. The van der Waals surface area contributed by atoms with E-state index in [1.807, 2.05) is 88.4 Å². The number of nitrogens with zero attached hydrogens (tertiary/aromatic N) is 2. The highest BCUT2D eigenvalue weighted by atomic mass is 127. The first-order chi connectivity index (χ1) is 16.8. The molecule has 0 aliphatic carbocycles. The van der Waals surface area contributed by atoms with Crippen molar-refractivity contribution in [2.75, 3.05) is 0 Å². The summed E-state index contributed by atoms with van der Waals surface area (Å²) in [4.78, 5) is 4.63. The molecule has 4 nitrogen and oxygen atoms in total. The van der Waals surface area contributed by atoms with E-state index in [2.05, 4.69) is 56.2 Å². The molecular weight excluding hydrogens is 662 g/mol. The van der Waals surface area contributed by atoms with Gasteiger partial charge in [0.1, 0.15) is 23.1 Å². The highest BCUT2D eigenvalue weighted by molar-refractivity contribution is 14.1. The van der Waals surface area contributed by atoms with Gasteiger partial charge in [0, 0.05) is 17.3 Å². The molecule has 6 heteroatoms. The van der Waals surface area contributed by atoms with Crippen LogP contribution in [0.3, 0.4) is 0 Å². The minimum Gasteiger partial charge on any atom is -0.489 e. The monoisotopic (exact) mass is 686 g/mol. The SMILES string of the molecule is Cc1ccc(-c2oc(N=Cc3cc(I)c(OC(C)C)c(I)c3)c(C#N)c2-c2ccc(C)cc2)cc1. The molecule has 0 aliphatic rings. The van der Waals surface area contributed by atoms with Crippen LogP contribution in [0.25, 0.3) is 22.5 Å². The Morgan fingerprint density at radius 3 is 1.97 bits per heavy atom. The molecule has 0 fully saturated rings. The predicted molar refractivity (Wildman–Crippen MR) is 159 cm³/mol. The molecule has 0 amide bonds. The van der Waals surface area contributed by atoms with Crippen molar-refractivity contribution in [1.29, 1.82) is 5.26 Å². The van der Waals surface area contributed by atoms with E-state index >= 15 is 0 Å². The first-order valence-electron chi connectivity index (χ1n) is 11.2. The molecule has 0 radical (unpaired) electrons. The van der Waals surface area contributed by atoms with Crippen molar-refractivity contribution in [2.24, 2.45) is 4.99 Å². The summed E-state index contributed by atoms with van der Waals surface area (Å²) in [5.74, 6) is 1.81. The van der Waals surface area contributed by atoms with Crippen LogP contribution >= 0.6 is 45.2 Å². The summed E-state index contributed by atoms with van der Waals surface area (Å²) < 4.78 is 14.2. The van der Waals surface area contributed by atoms with E-state index in [-0.39, 0.29) is 6.10 Å². The highest BCUT2D eigenvalue weighted by Crippen LogP contribution is 2.42. The van der Waals surface area contributed by atoms with E-state index < -0.39 is 0 Å². The molecule has 0 saturated heterocycles. The Morgan fingerprint density at radius 2 is 1.46 bits per heavy atom. The number of aryl methyl sites for hydroxylation is 2. The zero-order valence-electron chi connectivity index (χ0n) is 19.9. The molecule has 4 aromatic rings. The van der Waals surface area contributed by atoms with Crippen LogP contribution in [-0.2, 0) is 0 Å². The second kappa shape index (κ2) is 11.0. The molecule has 176 valence electrons. The largest absolute Gasteiger partial charge is 0.489 e. The van der Waals surface area contributed by atoms with Crippen molar-refractivity contribution < 1.29 is 9.15 Å². The van der Waals surface area contributed by atoms with Gasteiger partial charge in [0.15, 0.2) is 0 Å². The van der Waals surface area contributed by atoms with Crippen LogP contribution in [-0.4, -0.2) is 12.3 Å². The van der Waals surface area contributed by atoms with E-state index in [0.717, 1.165) is 46.3 Å². The van der Waals surface area contributed by atoms with Gasteiger partial charge >= 0.3 is 0 Å². The summed E-state index contributed by atoms with van der Waals surface area (Å²) in [6.07, 6.45) is 1.83. The lowest BCUT2D eigenvalue weighted by atomic mass is 9.97. The Balaban J connectivity index is 1.82. The normalized spacial score (nSPS) is 11.3. The second-order valence-corrected chi connectivity index (χ2v) is 10.9. The maximum absolute atomic E-state index is 10.1. The van der Waals surface area contributed by atoms with Crippen LogP contribution in [0.4, 0.5) is 5.88 Å².